The number of fused-ring (bicyclic) bond motifs is 5. The Morgan fingerprint density at radius 1 is 0.844 bits per heavy atom. The number of benzene rings is 3. The summed E-state index contributed by atoms with van der Waals surface area (Å²) in [4.78, 5) is 68.8. The van der Waals surface area contributed by atoms with Crippen molar-refractivity contribution in [2.45, 2.75) is 49.9 Å². The van der Waals surface area contributed by atoms with Gasteiger partial charge < -0.3 is 29.6 Å². The van der Waals surface area contributed by atoms with Crippen molar-refractivity contribution in [2.24, 2.45) is 11.8 Å². The third kappa shape index (κ3) is 6.00. The lowest BCUT2D eigenvalue weighted by Crippen LogP contribution is -2.69. The van der Waals surface area contributed by atoms with Crippen molar-refractivity contribution in [3.05, 3.63) is 71.8 Å². The molecule has 8 heterocycles. The van der Waals surface area contributed by atoms with Gasteiger partial charge in [0.15, 0.2) is 28.6 Å². The third-order valence-corrected chi connectivity index (χ3v) is 14.3. The molecule has 5 aromatic rings. The zero-order valence-electron chi connectivity index (χ0n) is 34.7. The van der Waals surface area contributed by atoms with Crippen molar-refractivity contribution in [3.63, 3.8) is 0 Å². The smallest absolute Gasteiger partial charge is 0.266 e. The second kappa shape index (κ2) is 14.6. The molecule has 5 fully saturated rings. The number of carbonyl (C=O) groups excluding carboxylic acids is 4. The Morgan fingerprint density at radius 2 is 1.56 bits per heavy atom. The number of piperidine rings is 1. The number of nitrogens with zero attached hydrogens (tertiary/aromatic N) is 8. The maximum atomic E-state index is 14.8. The van der Waals surface area contributed by atoms with Crippen LogP contribution in [-0.2, 0) is 9.59 Å². The van der Waals surface area contributed by atoms with Crippen molar-refractivity contribution >= 4 is 46.2 Å². The molecule has 0 radical (unpaired) electrons. The van der Waals surface area contributed by atoms with Crippen LogP contribution in [0.4, 0.5) is 15.9 Å². The number of nitrogens with one attached hydrogen (secondary N) is 1. The Hall–Kier alpha value is -6.86. The van der Waals surface area contributed by atoms with Crippen molar-refractivity contribution in [1.29, 1.82) is 0 Å². The second-order valence-electron chi connectivity index (χ2n) is 17.7. The molecule has 4 amide bonds. The molecular formula is C45H43FN10O8. The number of ether oxygens (including phenoxy) is 4. The fourth-order valence-electron chi connectivity index (χ4n) is 10.9. The molecule has 64 heavy (non-hydrogen) atoms. The number of anilines is 2. The van der Waals surface area contributed by atoms with Gasteiger partial charge in [0.25, 0.3) is 11.8 Å². The molecule has 7 aliphatic rings. The van der Waals surface area contributed by atoms with Crippen molar-refractivity contribution in [2.75, 3.05) is 63.8 Å². The Bertz CT molecular complexity index is 2790. The van der Waals surface area contributed by atoms with Crippen LogP contribution in [0.5, 0.6) is 28.7 Å². The molecule has 12 rings (SSSR count). The summed E-state index contributed by atoms with van der Waals surface area (Å²) in [5.74, 6) is -0.0863. The largest absolute Gasteiger partial charge is 0.494 e. The van der Waals surface area contributed by atoms with Gasteiger partial charge in [-0.1, -0.05) is 6.07 Å². The number of rotatable bonds is 9. The van der Waals surface area contributed by atoms with Crippen molar-refractivity contribution in [1.82, 2.24) is 39.8 Å². The first kappa shape index (κ1) is 38.8. The van der Waals surface area contributed by atoms with E-state index in [4.69, 9.17) is 29.8 Å². The lowest BCUT2D eigenvalue weighted by atomic mass is 9.96. The summed E-state index contributed by atoms with van der Waals surface area (Å²) in [5.41, 5.74) is 9.68. The number of hydrogen-bond acceptors (Lipinski definition) is 15. The van der Waals surface area contributed by atoms with Crippen LogP contribution in [0.3, 0.4) is 0 Å². The zero-order chi connectivity index (χ0) is 43.5. The number of nitrogen functional groups attached to an aromatic ring is 1. The van der Waals surface area contributed by atoms with Crippen molar-refractivity contribution in [3.8, 4) is 40.0 Å². The van der Waals surface area contributed by atoms with Crippen LogP contribution in [0.15, 0.2) is 54.9 Å². The molecule has 0 bridgehead atoms. The first-order valence-corrected chi connectivity index (χ1v) is 21.6. The molecule has 0 spiro atoms. The number of likely N-dealkylation sites (tertiary alicyclic amines) is 2. The van der Waals surface area contributed by atoms with Crippen LogP contribution < -0.4 is 34.9 Å². The number of aromatic nitrogens is 4. The maximum absolute atomic E-state index is 14.8. The second-order valence-corrected chi connectivity index (χ2v) is 17.7. The Morgan fingerprint density at radius 3 is 2.31 bits per heavy atom. The molecule has 3 N–H and O–H groups in total. The molecule has 328 valence electrons. The number of carbonyl (C=O) groups is 4. The van der Waals surface area contributed by atoms with Crippen LogP contribution in [0.25, 0.3) is 22.3 Å². The number of imide groups is 2. The Kier molecular flexibility index (Phi) is 8.85. The molecule has 1 aliphatic carbocycles. The van der Waals surface area contributed by atoms with Crippen LogP contribution in [0.2, 0.25) is 0 Å². The quantitative estimate of drug-likeness (QED) is 0.204. The fraction of sp³-hybridized carbons (Fsp3) is 0.400. The minimum absolute atomic E-state index is 0.0463. The molecule has 2 aromatic heterocycles. The molecule has 3 atom stereocenters. The monoisotopic (exact) mass is 870 g/mol. The van der Waals surface area contributed by atoms with E-state index in [2.05, 4.69) is 30.0 Å². The predicted molar refractivity (Wildman–Crippen MR) is 226 cm³/mol. The number of hydrogen-bond donors (Lipinski definition) is 2. The van der Waals surface area contributed by atoms with E-state index in [-0.39, 0.29) is 54.1 Å². The minimum atomic E-state index is -1.06. The van der Waals surface area contributed by atoms with Crippen LogP contribution in [0, 0.1) is 17.7 Å². The Labute approximate surface area is 365 Å². The maximum Gasteiger partial charge on any atom is 0.266 e. The van der Waals surface area contributed by atoms with E-state index in [1.807, 2.05) is 16.8 Å². The van der Waals surface area contributed by atoms with Gasteiger partial charge in [-0.25, -0.2) is 14.6 Å². The van der Waals surface area contributed by atoms with E-state index in [1.54, 1.807) is 30.3 Å². The van der Waals surface area contributed by atoms with Gasteiger partial charge in [-0.3, -0.25) is 39.2 Å². The molecular weight excluding hydrogens is 828 g/mol. The third-order valence-electron chi connectivity index (χ3n) is 14.3. The summed E-state index contributed by atoms with van der Waals surface area (Å²) in [7, 11) is 1.41. The molecule has 6 aliphatic heterocycles. The van der Waals surface area contributed by atoms with Gasteiger partial charge in [-0.2, -0.15) is 9.49 Å². The average molecular weight is 871 g/mol. The van der Waals surface area contributed by atoms with Crippen LogP contribution in [-0.4, -0.2) is 129 Å². The zero-order valence-corrected chi connectivity index (χ0v) is 34.7. The van der Waals surface area contributed by atoms with E-state index < -0.39 is 35.5 Å². The molecule has 1 saturated carbocycles. The molecule has 19 heteroatoms. The number of nitrogens with two attached hydrogens (primary N) is 1. The van der Waals surface area contributed by atoms with Crippen molar-refractivity contribution < 1.29 is 42.5 Å². The van der Waals surface area contributed by atoms with E-state index >= 15 is 0 Å². The summed E-state index contributed by atoms with van der Waals surface area (Å²) >= 11 is 0. The highest BCUT2D eigenvalue weighted by atomic mass is 19.1. The standard InChI is InChI=1S/C45H43FN10O8/c1-61-32-3-2-4-33(37(32)46)64-28-7-5-22(6-8-28)38-36-41(47)48-20-49-42(36)56(51-38)25-11-23-14-52(15-24(23)12-25)26-16-53(17-26)27-18-54(19-27)31-13-29-35(40-39(31)62-21-63-40)45(60)55(44(29)59)30-9-10-34(57)50-43(30)58/h2-8,13,20,23-27,30H,9-12,14-19,21H2,1H3,(H2,47,48,49)(H,50,57,58). The molecule has 3 aromatic carbocycles. The summed E-state index contributed by atoms with van der Waals surface area (Å²) in [6.45, 7) is 5.45. The lowest BCUT2D eigenvalue weighted by molar-refractivity contribution is -0.136. The highest BCUT2D eigenvalue weighted by Crippen LogP contribution is 2.51. The van der Waals surface area contributed by atoms with E-state index in [0.717, 1.165) is 62.6 Å². The van der Waals surface area contributed by atoms with Crippen LogP contribution in [0.1, 0.15) is 52.4 Å². The molecule has 3 unspecified atom stereocenters. The molecule has 18 nitrogen and oxygen atoms in total. The summed E-state index contributed by atoms with van der Waals surface area (Å²) in [6, 6.07) is 13.7. The predicted octanol–water partition coefficient (Wildman–Crippen LogP) is 3.60. The highest BCUT2D eigenvalue weighted by Gasteiger charge is 2.51. The molecule has 4 saturated heterocycles. The topological polar surface area (TPSA) is 200 Å². The minimum Gasteiger partial charge on any atom is -0.494 e. The van der Waals surface area contributed by atoms with E-state index in [0.29, 0.717) is 63.7 Å². The van der Waals surface area contributed by atoms with Gasteiger partial charge in [0.05, 0.1) is 35.4 Å². The average Bonchev–Trinajstić information content (AvgIpc) is 4.09. The summed E-state index contributed by atoms with van der Waals surface area (Å²) in [5, 5.41) is 8.08. The highest BCUT2D eigenvalue weighted by molar-refractivity contribution is 6.25. The van der Waals surface area contributed by atoms with E-state index in [9.17, 15) is 23.6 Å². The van der Waals surface area contributed by atoms with Gasteiger partial charge >= 0.3 is 0 Å². The fourth-order valence-corrected chi connectivity index (χ4v) is 10.9. The Balaban J connectivity index is 0.675. The summed E-state index contributed by atoms with van der Waals surface area (Å²) in [6.07, 6.45) is 3.60. The van der Waals surface area contributed by atoms with Gasteiger partial charge in [-0.15, -0.1) is 0 Å². The van der Waals surface area contributed by atoms with E-state index in [1.165, 1.54) is 19.5 Å². The normalized spacial score (nSPS) is 24.6. The SMILES string of the molecule is COc1cccc(Oc2ccc(-c3nn(C4CC5CN(C6CN(C7CN(c8cc9c(c%10c8OCO%10)C(=O)N(C8CCC(=O)NC8=O)C9=O)C7)C6)CC5C4)c4ncnc(N)c34)cc2)c1F. The number of methoxy groups -OCH3 is 1. The first-order valence-electron chi connectivity index (χ1n) is 21.6. The van der Waals surface area contributed by atoms with Gasteiger partial charge in [-0.05, 0) is 73.6 Å². The lowest BCUT2D eigenvalue weighted by Gasteiger charge is -2.54. The van der Waals surface area contributed by atoms with Gasteiger partial charge in [0.2, 0.25) is 24.4 Å². The van der Waals surface area contributed by atoms with Gasteiger partial charge in [0.1, 0.15) is 29.6 Å². The number of amides is 4. The van der Waals surface area contributed by atoms with Crippen LogP contribution >= 0.6 is 0 Å². The summed E-state index contributed by atoms with van der Waals surface area (Å²) < 4.78 is 39.4. The van der Waals surface area contributed by atoms with Gasteiger partial charge in [0, 0.05) is 63.3 Å². The number of halogens is 1. The first-order chi connectivity index (χ1) is 31.1.